The second-order valence-corrected chi connectivity index (χ2v) is 6.84. The molecule has 22 heavy (non-hydrogen) atoms. The van der Waals surface area contributed by atoms with Crippen molar-refractivity contribution in [3.8, 4) is 0 Å². The summed E-state index contributed by atoms with van der Waals surface area (Å²) in [4.78, 5) is 6.69. The predicted molar refractivity (Wildman–Crippen MR) is 95.9 cm³/mol. The molecule has 0 aromatic rings. The fraction of sp³-hybridized carbons (Fsp3) is 0.933. The molecule has 1 saturated heterocycles. The molecule has 0 amide bonds. The molecule has 0 radical (unpaired) electrons. The maximum absolute atomic E-state index is 12.1. The largest absolute Gasteiger partial charge is 0.389 e. The number of nitrogens with one attached hydrogen (secondary N) is 1. The van der Waals surface area contributed by atoms with Crippen LogP contribution in [0.5, 0.6) is 0 Å². The lowest BCUT2D eigenvalue weighted by atomic mass is 9.65. The Bertz CT molecular complexity index is 379. The van der Waals surface area contributed by atoms with Gasteiger partial charge < -0.3 is 10.2 Å². The van der Waals surface area contributed by atoms with Crippen molar-refractivity contribution < 1.29 is 13.2 Å². The van der Waals surface area contributed by atoms with Crippen LogP contribution in [0.4, 0.5) is 13.2 Å². The molecule has 1 aliphatic rings. The number of hydrogen-bond acceptors (Lipinski definition) is 1. The Hall–Kier alpha value is -0.210. The molecule has 0 spiro atoms. The third-order valence-corrected chi connectivity index (χ3v) is 4.60. The molecule has 1 aliphatic heterocycles. The smallest absolute Gasteiger partial charge is 0.356 e. The van der Waals surface area contributed by atoms with Crippen LogP contribution < -0.4 is 5.32 Å². The van der Waals surface area contributed by atoms with Crippen LogP contribution in [-0.4, -0.2) is 42.2 Å². The van der Waals surface area contributed by atoms with E-state index < -0.39 is 12.6 Å². The van der Waals surface area contributed by atoms with Crippen molar-refractivity contribution in [1.82, 2.24) is 10.2 Å². The highest BCUT2D eigenvalue weighted by atomic mass is 127. The van der Waals surface area contributed by atoms with Crippen molar-refractivity contribution in [3.63, 3.8) is 0 Å². The van der Waals surface area contributed by atoms with Gasteiger partial charge in [0.2, 0.25) is 0 Å². The summed E-state index contributed by atoms with van der Waals surface area (Å²) in [6.07, 6.45) is -4.17. The lowest BCUT2D eigenvalue weighted by Gasteiger charge is -2.62. The van der Waals surface area contributed by atoms with Gasteiger partial charge in [0.05, 0.1) is 0 Å². The molecule has 0 saturated carbocycles. The molecule has 0 aromatic heterocycles. The van der Waals surface area contributed by atoms with Gasteiger partial charge in [0.15, 0.2) is 5.96 Å². The number of likely N-dealkylation sites (tertiary alicyclic amines) is 1. The van der Waals surface area contributed by atoms with E-state index in [9.17, 15) is 13.2 Å². The Balaban J connectivity index is 0.00000441. The van der Waals surface area contributed by atoms with Crippen LogP contribution in [0.2, 0.25) is 0 Å². The molecule has 1 N–H and O–H groups in total. The van der Waals surface area contributed by atoms with E-state index in [0.29, 0.717) is 13.0 Å². The fourth-order valence-corrected chi connectivity index (χ4v) is 2.42. The summed E-state index contributed by atoms with van der Waals surface area (Å²) in [5, 5.41) is 3.24. The van der Waals surface area contributed by atoms with Gasteiger partial charge in [0.1, 0.15) is 0 Å². The number of unbranched alkanes of at least 4 members (excludes halogenated alkanes) is 1. The van der Waals surface area contributed by atoms with Gasteiger partial charge in [-0.1, -0.05) is 13.8 Å². The highest BCUT2D eigenvalue weighted by molar-refractivity contribution is 14.0. The first-order valence-electron chi connectivity index (χ1n) is 7.64. The Morgan fingerprint density at radius 1 is 1.18 bits per heavy atom. The summed E-state index contributed by atoms with van der Waals surface area (Å²) in [5.41, 5.74) is 0.208. The van der Waals surface area contributed by atoms with Gasteiger partial charge in [-0.2, -0.15) is 13.2 Å². The van der Waals surface area contributed by atoms with Crippen molar-refractivity contribution in [3.05, 3.63) is 0 Å². The van der Waals surface area contributed by atoms with E-state index in [2.05, 4.69) is 42.9 Å². The van der Waals surface area contributed by atoms with Gasteiger partial charge >= 0.3 is 6.18 Å². The number of guanidine groups is 1. The molecule has 0 unspecified atom stereocenters. The first-order valence-corrected chi connectivity index (χ1v) is 7.64. The third-order valence-electron chi connectivity index (χ3n) is 4.60. The van der Waals surface area contributed by atoms with Crippen LogP contribution in [0.25, 0.3) is 0 Å². The number of nitrogens with zero attached hydrogens (tertiary/aromatic N) is 2. The number of alkyl halides is 3. The van der Waals surface area contributed by atoms with Crippen LogP contribution >= 0.6 is 24.0 Å². The molecule has 0 bridgehead atoms. The Labute approximate surface area is 149 Å². The molecule has 7 heteroatoms. The number of aliphatic imine (C=N–C) groups is 1. The van der Waals surface area contributed by atoms with E-state index in [-0.39, 0.29) is 41.4 Å². The first-order chi connectivity index (χ1) is 9.51. The number of rotatable bonds is 5. The molecule has 3 nitrogen and oxygen atoms in total. The predicted octanol–water partition coefficient (Wildman–Crippen LogP) is 4.42. The Morgan fingerprint density at radius 2 is 1.77 bits per heavy atom. The van der Waals surface area contributed by atoms with E-state index in [1.165, 1.54) is 0 Å². The second-order valence-electron chi connectivity index (χ2n) is 6.84. The van der Waals surface area contributed by atoms with Crippen LogP contribution in [0, 0.1) is 5.41 Å². The molecule has 0 atom stereocenters. The minimum Gasteiger partial charge on any atom is -0.356 e. The van der Waals surface area contributed by atoms with Crippen LogP contribution in [0.3, 0.4) is 0 Å². The summed E-state index contributed by atoms with van der Waals surface area (Å²) in [5.74, 6) is 0.814. The zero-order chi connectivity index (χ0) is 16.3. The maximum atomic E-state index is 12.1. The average molecular weight is 435 g/mol. The number of halogens is 4. The lowest BCUT2D eigenvalue weighted by Crippen LogP contribution is -2.72. The van der Waals surface area contributed by atoms with Gasteiger partial charge in [0, 0.05) is 37.0 Å². The van der Waals surface area contributed by atoms with Crippen molar-refractivity contribution >= 4 is 29.9 Å². The fourth-order valence-electron chi connectivity index (χ4n) is 2.42. The molecule has 0 aromatic carbocycles. The van der Waals surface area contributed by atoms with E-state index in [1.54, 1.807) is 0 Å². The quantitative estimate of drug-likeness (QED) is 0.300. The summed E-state index contributed by atoms with van der Waals surface area (Å²) in [6.45, 7) is 12.9. The molecule has 0 aliphatic carbocycles. The van der Waals surface area contributed by atoms with Gasteiger partial charge in [-0.3, -0.25) is 4.99 Å². The minimum absolute atomic E-state index is 0. The van der Waals surface area contributed by atoms with Gasteiger partial charge in [-0.15, -0.1) is 24.0 Å². The van der Waals surface area contributed by atoms with Crippen molar-refractivity contribution in [2.24, 2.45) is 10.4 Å². The second kappa shape index (κ2) is 8.06. The normalized spacial score (nSPS) is 20.2. The SMILES string of the molecule is CCNC(=NCCCCC(F)(F)F)N1CC(C)(C)C1(C)C.I. The van der Waals surface area contributed by atoms with E-state index in [0.717, 1.165) is 19.0 Å². The van der Waals surface area contributed by atoms with Crippen LogP contribution in [0.15, 0.2) is 4.99 Å². The molecule has 132 valence electrons. The topological polar surface area (TPSA) is 27.6 Å². The molecule has 1 rings (SSSR count). The van der Waals surface area contributed by atoms with E-state index in [1.807, 2.05) is 6.92 Å². The van der Waals surface area contributed by atoms with Gasteiger partial charge in [-0.05, 0) is 33.6 Å². The highest BCUT2D eigenvalue weighted by Gasteiger charge is 2.53. The summed E-state index contributed by atoms with van der Waals surface area (Å²) in [6, 6.07) is 0. The standard InChI is InChI=1S/C15H28F3N3.HI/c1-6-19-12(20-10-8-7-9-15(16,17)18)21-11-13(2,3)14(21,4)5;/h6-11H2,1-5H3,(H,19,20);1H. The van der Waals surface area contributed by atoms with E-state index >= 15 is 0 Å². The Morgan fingerprint density at radius 3 is 2.18 bits per heavy atom. The minimum atomic E-state index is -4.06. The molecular formula is C15H29F3IN3. The van der Waals surface area contributed by atoms with E-state index in [4.69, 9.17) is 0 Å². The van der Waals surface area contributed by atoms with Gasteiger partial charge in [0.25, 0.3) is 0 Å². The van der Waals surface area contributed by atoms with Crippen LogP contribution in [-0.2, 0) is 0 Å². The summed E-state index contributed by atoms with van der Waals surface area (Å²) < 4.78 is 36.3. The third kappa shape index (κ3) is 5.45. The lowest BCUT2D eigenvalue weighted by molar-refractivity contribution is -0.135. The zero-order valence-corrected chi connectivity index (χ0v) is 16.5. The highest BCUT2D eigenvalue weighted by Crippen LogP contribution is 2.46. The van der Waals surface area contributed by atoms with Crippen molar-refractivity contribution in [2.45, 2.75) is 65.6 Å². The van der Waals surface area contributed by atoms with Gasteiger partial charge in [-0.25, -0.2) is 0 Å². The molecular weight excluding hydrogens is 406 g/mol. The molecule has 1 heterocycles. The number of hydrogen-bond donors (Lipinski definition) is 1. The summed E-state index contributed by atoms with van der Waals surface area (Å²) in [7, 11) is 0. The first kappa shape index (κ1) is 21.8. The Kier molecular flexibility index (Phi) is 7.98. The average Bonchev–Trinajstić information content (AvgIpc) is 2.33. The zero-order valence-electron chi connectivity index (χ0n) is 14.2. The van der Waals surface area contributed by atoms with Crippen molar-refractivity contribution in [1.29, 1.82) is 0 Å². The molecule has 1 fully saturated rings. The van der Waals surface area contributed by atoms with Crippen LogP contribution in [0.1, 0.15) is 53.9 Å². The monoisotopic (exact) mass is 435 g/mol. The van der Waals surface area contributed by atoms with Crippen molar-refractivity contribution in [2.75, 3.05) is 19.6 Å². The maximum Gasteiger partial charge on any atom is 0.389 e. The summed E-state index contributed by atoms with van der Waals surface area (Å²) >= 11 is 0.